The zero-order valence-corrected chi connectivity index (χ0v) is 16.2. The van der Waals surface area contributed by atoms with E-state index in [0.717, 1.165) is 12.3 Å². The van der Waals surface area contributed by atoms with Gasteiger partial charge in [0.1, 0.15) is 10.6 Å². The summed E-state index contributed by atoms with van der Waals surface area (Å²) in [6, 6.07) is 9.07. The van der Waals surface area contributed by atoms with E-state index in [9.17, 15) is 21.6 Å². The number of esters is 1. The van der Waals surface area contributed by atoms with Crippen LogP contribution in [0, 0.1) is 0 Å². The topological polar surface area (TPSA) is 104 Å². The molecule has 0 N–H and O–H groups in total. The largest absolute Gasteiger partial charge is 0.469 e. The maximum atomic E-state index is 12.4. The molecule has 0 fully saturated rings. The molecule has 2 rings (SSSR count). The van der Waals surface area contributed by atoms with Gasteiger partial charge in [-0.3, -0.25) is 4.79 Å². The minimum Gasteiger partial charge on any atom is -0.469 e. The number of carbonyl (C=O) groups excluding carboxylic acids is 1. The zero-order valence-electron chi connectivity index (χ0n) is 13.8. The zero-order chi connectivity index (χ0) is 19.5. The Bertz CT molecular complexity index is 1030. The molecule has 0 aliphatic carbocycles. The lowest BCUT2D eigenvalue weighted by Crippen LogP contribution is -2.12. The summed E-state index contributed by atoms with van der Waals surface area (Å²) in [5, 5.41) is -0.167. The first-order valence-corrected chi connectivity index (χ1v) is 10.8. The maximum absolute atomic E-state index is 12.4. The Morgan fingerprint density at radius 1 is 1.04 bits per heavy atom. The first kappa shape index (κ1) is 20.2. The van der Waals surface area contributed by atoms with Crippen molar-refractivity contribution >= 4 is 37.5 Å². The van der Waals surface area contributed by atoms with Crippen LogP contribution in [0.5, 0.6) is 5.75 Å². The third kappa shape index (κ3) is 4.96. The molecule has 0 aromatic heterocycles. The maximum Gasteiger partial charge on any atom is 0.340 e. The second-order valence-corrected chi connectivity index (χ2v) is 9.24. The monoisotopic (exact) mass is 418 g/mol. The van der Waals surface area contributed by atoms with Crippen molar-refractivity contribution in [3.63, 3.8) is 0 Å². The Morgan fingerprint density at radius 2 is 1.65 bits per heavy atom. The van der Waals surface area contributed by atoms with Crippen LogP contribution in [0.2, 0.25) is 5.02 Å². The van der Waals surface area contributed by atoms with Gasteiger partial charge >= 0.3 is 16.1 Å². The third-order valence-corrected chi connectivity index (χ3v) is 6.15. The van der Waals surface area contributed by atoms with Crippen LogP contribution in [-0.2, 0) is 35.9 Å². The van der Waals surface area contributed by atoms with E-state index in [-0.39, 0.29) is 22.1 Å². The number of rotatable bonds is 6. The van der Waals surface area contributed by atoms with E-state index in [0.29, 0.717) is 5.56 Å². The molecule has 0 spiro atoms. The summed E-state index contributed by atoms with van der Waals surface area (Å²) in [4.78, 5) is 10.6. The van der Waals surface area contributed by atoms with Crippen molar-refractivity contribution in [1.82, 2.24) is 0 Å². The molecule has 0 unspecified atom stereocenters. The van der Waals surface area contributed by atoms with Crippen LogP contribution in [0.25, 0.3) is 0 Å². The van der Waals surface area contributed by atoms with Crippen LogP contribution in [0.3, 0.4) is 0 Å². The number of ether oxygens (including phenoxy) is 1. The Labute approximate surface area is 156 Å². The van der Waals surface area contributed by atoms with E-state index in [1.54, 1.807) is 0 Å². The fourth-order valence-corrected chi connectivity index (χ4v) is 4.13. The summed E-state index contributed by atoms with van der Waals surface area (Å²) >= 11 is 5.89. The highest BCUT2D eigenvalue weighted by Gasteiger charge is 2.23. The fraction of sp³-hybridized carbons (Fsp3) is 0.188. The van der Waals surface area contributed by atoms with Gasteiger partial charge in [-0.15, -0.1) is 0 Å². The predicted octanol–water partition coefficient (Wildman–Crippen LogP) is 2.23. The molecule has 0 aliphatic rings. The Morgan fingerprint density at radius 3 is 2.19 bits per heavy atom. The smallest absolute Gasteiger partial charge is 0.340 e. The average Bonchev–Trinajstić information content (AvgIpc) is 2.55. The van der Waals surface area contributed by atoms with E-state index in [1.165, 1.54) is 43.5 Å². The number of hydrogen-bond donors (Lipinski definition) is 0. The third-order valence-electron chi connectivity index (χ3n) is 3.31. The second kappa shape index (κ2) is 7.65. The number of benzene rings is 2. The van der Waals surface area contributed by atoms with Gasteiger partial charge in [-0.1, -0.05) is 23.7 Å². The first-order chi connectivity index (χ1) is 12.0. The van der Waals surface area contributed by atoms with Crippen LogP contribution in [0.15, 0.2) is 52.3 Å². The first-order valence-electron chi connectivity index (χ1n) is 7.13. The number of hydrogen-bond acceptors (Lipinski definition) is 7. The van der Waals surface area contributed by atoms with Gasteiger partial charge in [-0.05, 0) is 35.9 Å². The fourth-order valence-electron chi connectivity index (χ4n) is 1.98. The lowest BCUT2D eigenvalue weighted by atomic mass is 10.1. The number of methoxy groups -OCH3 is 1. The summed E-state index contributed by atoms with van der Waals surface area (Å²) in [6.45, 7) is 0. The highest BCUT2D eigenvalue weighted by molar-refractivity contribution is 7.90. The normalized spacial score (nSPS) is 11.8. The van der Waals surface area contributed by atoms with Crippen LogP contribution in [-0.4, -0.2) is 36.2 Å². The Balaban J connectivity index is 2.30. The Hall–Kier alpha value is -2.10. The van der Waals surface area contributed by atoms with Gasteiger partial charge in [0, 0.05) is 6.26 Å². The summed E-state index contributed by atoms with van der Waals surface area (Å²) < 4.78 is 57.6. The summed E-state index contributed by atoms with van der Waals surface area (Å²) in [6.07, 6.45) is 0.985. The number of sulfone groups is 1. The van der Waals surface area contributed by atoms with E-state index in [4.69, 9.17) is 15.8 Å². The summed E-state index contributed by atoms with van der Waals surface area (Å²) in [7, 11) is -6.71. The second-order valence-electron chi connectivity index (χ2n) is 5.30. The van der Waals surface area contributed by atoms with Gasteiger partial charge in [-0.2, -0.15) is 8.42 Å². The molecule has 0 saturated heterocycles. The van der Waals surface area contributed by atoms with Gasteiger partial charge in [0.15, 0.2) is 9.84 Å². The molecule has 0 amide bonds. The summed E-state index contributed by atoms with van der Waals surface area (Å²) in [5.74, 6) is -0.449. The molecule has 0 saturated carbocycles. The van der Waals surface area contributed by atoms with E-state index >= 15 is 0 Å². The van der Waals surface area contributed by atoms with Crippen LogP contribution in [0.4, 0.5) is 0 Å². The number of carbonyl (C=O) groups is 1. The van der Waals surface area contributed by atoms with Gasteiger partial charge in [0.05, 0.1) is 23.4 Å². The molecule has 140 valence electrons. The Kier molecular flexibility index (Phi) is 5.94. The molecule has 26 heavy (non-hydrogen) atoms. The van der Waals surface area contributed by atoms with Crippen LogP contribution >= 0.6 is 11.6 Å². The standard InChI is InChI=1S/C16H15ClO7S2/c1-23-16(18)9-11-3-5-12(6-4-11)24-26(21,22)15-10-13(25(2,19)20)7-8-14(15)17/h3-8,10H,9H2,1-2H3. The molecular formula is C16H15ClO7S2. The minimum atomic E-state index is -4.36. The van der Waals surface area contributed by atoms with E-state index in [1.807, 2.05) is 0 Å². The van der Waals surface area contributed by atoms with Crippen molar-refractivity contribution in [2.45, 2.75) is 16.2 Å². The van der Waals surface area contributed by atoms with Crippen molar-refractivity contribution in [3.8, 4) is 5.75 Å². The molecule has 0 radical (unpaired) electrons. The van der Waals surface area contributed by atoms with Crippen LogP contribution < -0.4 is 4.18 Å². The minimum absolute atomic E-state index is 0.0144. The lowest BCUT2D eigenvalue weighted by molar-refractivity contribution is -0.139. The molecule has 2 aromatic rings. The predicted molar refractivity (Wildman–Crippen MR) is 94.5 cm³/mol. The molecule has 7 nitrogen and oxygen atoms in total. The van der Waals surface area contributed by atoms with Gasteiger partial charge in [-0.25, -0.2) is 8.42 Å². The SMILES string of the molecule is COC(=O)Cc1ccc(OS(=O)(=O)c2cc(S(C)(=O)=O)ccc2Cl)cc1. The van der Waals surface area contributed by atoms with Crippen LogP contribution in [0.1, 0.15) is 5.56 Å². The molecule has 0 heterocycles. The average molecular weight is 419 g/mol. The van der Waals surface area contributed by atoms with Gasteiger partial charge in [0.25, 0.3) is 0 Å². The quantitative estimate of drug-likeness (QED) is 0.523. The molecule has 0 atom stereocenters. The summed E-state index contributed by atoms with van der Waals surface area (Å²) in [5.41, 5.74) is 0.610. The van der Waals surface area contributed by atoms with Crippen molar-refractivity contribution < 1.29 is 30.6 Å². The van der Waals surface area contributed by atoms with Gasteiger partial charge in [0.2, 0.25) is 0 Å². The van der Waals surface area contributed by atoms with Crippen molar-refractivity contribution in [3.05, 3.63) is 53.1 Å². The van der Waals surface area contributed by atoms with E-state index < -0.39 is 30.8 Å². The van der Waals surface area contributed by atoms with E-state index in [2.05, 4.69) is 4.74 Å². The molecule has 0 aliphatic heterocycles. The van der Waals surface area contributed by atoms with Crippen molar-refractivity contribution in [1.29, 1.82) is 0 Å². The number of halogens is 1. The molecule has 0 bridgehead atoms. The highest BCUT2D eigenvalue weighted by atomic mass is 35.5. The lowest BCUT2D eigenvalue weighted by Gasteiger charge is -2.10. The molecule has 2 aromatic carbocycles. The highest BCUT2D eigenvalue weighted by Crippen LogP contribution is 2.27. The molecular weight excluding hydrogens is 404 g/mol. The van der Waals surface area contributed by atoms with Gasteiger partial charge < -0.3 is 8.92 Å². The van der Waals surface area contributed by atoms with Crippen molar-refractivity contribution in [2.24, 2.45) is 0 Å². The van der Waals surface area contributed by atoms with Crippen molar-refractivity contribution in [2.75, 3.05) is 13.4 Å². The molecule has 10 heteroatoms.